The molecule has 2 aromatic carbocycles. The van der Waals surface area contributed by atoms with Gasteiger partial charge in [0.05, 0.1) is 36.1 Å². The molecule has 1 N–H and O–H groups in total. The second-order valence-electron chi connectivity index (χ2n) is 7.67. The molecule has 4 aromatic rings. The highest BCUT2D eigenvalue weighted by Crippen LogP contribution is 2.40. The van der Waals surface area contributed by atoms with Gasteiger partial charge in [-0.15, -0.1) is 0 Å². The van der Waals surface area contributed by atoms with Crippen LogP contribution < -0.4 is 15.0 Å². The molecule has 3 heterocycles. The SMILES string of the molecule is COc1ccc2c(c1)/C(=C\C(=O)Nc1ccc3ncccc3c1)C(=O)N2Cc1cc(C)no1. The summed E-state index contributed by atoms with van der Waals surface area (Å²) in [7, 11) is 1.55. The smallest absolute Gasteiger partial charge is 0.259 e. The monoisotopic (exact) mass is 440 g/mol. The summed E-state index contributed by atoms with van der Waals surface area (Å²) in [6, 6.07) is 16.3. The first-order valence-corrected chi connectivity index (χ1v) is 10.3. The highest BCUT2D eigenvalue weighted by Gasteiger charge is 2.34. The fourth-order valence-electron chi connectivity index (χ4n) is 3.87. The molecular weight excluding hydrogens is 420 g/mol. The summed E-state index contributed by atoms with van der Waals surface area (Å²) >= 11 is 0. The number of aryl methyl sites for hydroxylation is 1. The lowest BCUT2D eigenvalue weighted by atomic mass is 10.1. The third-order valence-corrected chi connectivity index (χ3v) is 5.40. The van der Waals surface area contributed by atoms with Crippen LogP contribution in [-0.4, -0.2) is 29.1 Å². The molecule has 8 heteroatoms. The maximum atomic E-state index is 13.3. The van der Waals surface area contributed by atoms with Crippen LogP contribution in [0.3, 0.4) is 0 Å². The Morgan fingerprint density at radius 3 is 2.85 bits per heavy atom. The molecule has 33 heavy (non-hydrogen) atoms. The zero-order chi connectivity index (χ0) is 22.9. The standard InChI is InChI=1S/C25H20N4O4/c1-15-10-19(33-28-15)14-29-23-8-6-18(32-2)12-20(23)21(25(29)31)13-24(30)27-17-5-7-22-16(11-17)4-3-9-26-22/h3-13H,14H2,1-2H3,(H,27,30)/b21-13+. The van der Waals surface area contributed by atoms with Crippen molar-refractivity contribution in [1.82, 2.24) is 10.1 Å². The molecule has 0 bridgehead atoms. The van der Waals surface area contributed by atoms with Gasteiger partial charge in [0.25, 0.3) is 5.91 Å². The summed E-state index contributed by atoms with van der Waals surface area (Å²) in [5.41, 5.74) is 3.74. The molecule has 1 aliphatic heterocycles. The van der Waals surface area contributed by atoms with E-state index >= 15 is 0 Å². The number of anilines is 2. The van der Waals surface area contributed by atoms with Crippen LogP contribution in [0.2, 0.25) is 0 Å². The normalized spacial score (nSPS) is 14.1. The Labute approximate surface area is 189 Å². The van der Waals surface area contributed by atoms with Gasteiger partial charge in [-0.1, -0.05) is 11.2 Å². The summed E-state index contributed by atoms with van der Waals surface area (Å²) in [4.78, 5) is 32.0. The summed E-state index contributed by atoms with van der Waals surface area (Å²) in [5.74, 6) is 0.434. The Bertz CT molecular complexity index is 1420. The van der Waals surface area contributed by atoms with Gasteiger partial charge in [0.2, 0.25) is 5.91 Å². The van der Waals surface area contributed by atoms with Crippen LogP contribution in [-0.2, 0) is 16.1 Å². The van der Waals surface area contributed by atoms with E-state index in [4.69, 9.17) is 9.26 Å². The molecule has 2 aromatic heterocycles. The van der Waals surface area contributed by atoms with Gasteiger partial charge >= 0.3 is 0 Å². The molecule has 5 rings (SSSR count). The molecule has 0 fully saturated rings. The molecule has 8 nitrogen and oxygen atoms in total. The Hall–Kier alpha value is -4.46. The second-order valence-corrected chi connectivity index (χ2v) is 7.67. The number of nitrogens with zero attached hydrogens (tertiary/aromatic N) is 3. The number of hydrogen-bond acceptors (Lipinski definition) is 6. The van der Waals surface area contributed by atoms with E-state index in [0.29, 0.717) is 28.4 Å². The largest absolute Gasteiger partial charge is 0.497 e. The number of nitrogens with one attached hydrogen (secondary N) is 1. The first-order chi connectivity index (χ1) is 16.0. The van der Waals surface area contributed by atoms with Gasteiger partial charge in [0, 0.05) is 35.0 Å². The van der Waals surface area contributed by atoms with Crippen molar-refractivity contribution < 1.29 is 18.8 Å². The fourth-order valence-corrected chi connectivity index (χ4v) is 3.87. The van der Waals surface area contributed by atoms with E-state index in [1.54, 1.807) is 48.5 Å². The molecule has 0 saturated heterocycles. The molecule has 0 unspecified atom stereocenters. The number of methoxy groups -OCH3 is 1. The van der Waals surface area contributed by atoms with E-state index in [0.717, 1.165) is 16.6 Å². The number of amides is 2. The number of rotatable bonds is 5. The maximum absolute atomic E-state index is 13.3. The zero-order valence-electron chi connectivity index (χ0n) is 18.0. The third kappa shape index (κ3) is 3.94. The first-order valence-electron chi connectivity index (χ1n) is 10.3. The number of fused-ring (bicyclic) bond motifs is 2. The minimum absolute atomic E-state index is 0.204. The van der Waals surface area contributed by atoms with Crippen LogP contribution in [0.5, 0.6) is 5.75 Å². The van der Waals surface area contributed by atoms with Crippen molar-refractivity contribution in [3.63, 3.8) is 0 Å². The minimum Gasteiger partial charge on any atom is -0.497 e. The van der Waals surface area contributed by atoms with Gasteiger partial charge in [-0.3, -0.25) is 19.5 Å². The van der Waals surface area contributed by atoms with Gasteiger partial charge in [-0.05, 0) is 49.4 Å². The average Bonchev–Trinajstić information content (AvgIpc) is 3.34. The molecule has 0 saturated carbocycles. The highest BCUT2D eigenvalue weighted by molar-refractivity contribution is 6.35. The summed E-state index contributed by atoms with van der Waals surface area (Å²) in [5, 5.41) is 7.63. The summed E-state index contributed by atoms with van der Waals surface area (Å²) in [6.45, 7) is 2.02. The Kier molecular flexibility index (Phi) is 5.10. The van der Waals surface area contributed by atoms with Crippen molar-refractivity contribution in [1.29, 1.82) is 0 Å². The van der Waals surface area contributed by atoms with Gasteiger partial charge in [0.15, 0.2) is 5.76 Å². The van der Waals surface area contributed by atoms with Crippen molar-refractivity contribution in [3.8, 4) is 5.75 Å². The molecule has 0 atom stereocenters. The number of aromatic nitrogens is 2. The summed E-state index contributed by atoms with van der Waals surface area (Å²) in [6.07, 6.45) is 3.04. The van der Waals surface area contributed by atoms with E-state index in [9.17, 15) is 9.59 Å². The number of carbonyl (C=O) groups is 2. The molecule has 1 aliphatic rings. The lowest BCUT2D eigenvalue weighted by Crippen LogP contribution is -2.26. The molecule has 0 aliphatic carbocycles. The second kappa shape index (κ2) is 8.23. The van der Waals surface area contributed by atoms with Crippen LogP contribution in [0, 0.1) is 6.92 Å². The van der Waals surface area contributed by atoms with E-state index < -0.39 is 5.91 Å². The topological polar surface area (TPSA) is 97.6 Å². The van der Waals surface area contributed by atoms with Gasteiger partial charge in [0.1, 0.15) is 5.75 Å². The minimum atomic E-state index is -0.410. The predicted octanol–water partition coefficient (Wildman–Crippen LogP) is 4.11. The molecular formula is C25H20N4O4. The van der Waals surface area contributed by atoms with Crippen molar-refractivity contribution in [2.24, 2.45) is 0 Å². The van der Waals surface area contributed by atoms with Crippen LogP contribution in [0.25, 0.3) is 16.5 Å². The van der Waals surface area contributed by atoms with Gasteiger partial charge in [-0.25, -0.2) is 0 Å². The third-order valence-electron chi connectivity index (χ3n) is 5.40. The Morgan fingerprint density at radius 1 is 1.18 bits per heavy atom. The van der Waals surface area contributed by atoms with Crippen molar-refractivity contribution in [3.05, 3.63) is 83.9 Å². The zero-order valence-corrected chi connectivity index (χ0v) is 18.0. The Morgan fingerprint density at radius 2 is 2.06 bits per heavy atom. The predicted molar refractivity (Wildman–Crippen MR) is 124 cm³/mol. The van der Waals surface area contributed by atoms with Gasteiger partial charge in [-0.2, -0.15) is 0 Å². The van der Waals surface area contributed by atoms with E-state index in [1.807, 2.05) is 31.2 Å². The van der Waals surface area contributed by atoms with E-state index in [2.05, 4.69) is 15.5 Å². The fraction of sp³-hybridized carbons (Fsp3) is 0.120. The van der Waals surface area contributed by atoms with Crippen LogP contribution in [0.1, 0.15) is 17.0 Å². The first kappa shape index (κ1) is 20.4. The molecule has 2 amide bonds. The number of hydrogen-bond donors (Lipinski definition) is 1. The van der Waals surface area contributed by atoms with Crippen LogP contribution >= 0.6 is 0 Å². The van der Waals surface area contributed by atoms with Crippen molar-refractivity contribution in [2.45, 2.75) is 13.5 Å². The molecule has 164 valence electrons. The molecule has 0 radical (unpaired) electrons. The number of ether oxygens (including phenoxy) is 1. The van der Waals surface area contributed by atoms with Crippen molar-refractivity contribution >= 4 is 39.7 Å². The van der Waals surface area contributed by atoms with Gasteiger partial charge < -0.3 is 14.6 Å². The average molecular weight is 440 g/mol. The molecule has 0 spiro atoms. The lowest BCUT2D eigenvalue weighted by Gasteiger charge is -2.15. The highest BCUT2D eigenvalue weighted by atomic mass is 16.5. The van der Waals surface area contributed by atoms with Crippen molar-refractivity contribution in [2.75, 3.05) is 17.3 Å². The van der Waals surface area contributed by atoms with Crippen LogP contribution in [0.15, 0.2) is 71.4 Å². The maximum Gasteiger partial charge on any atom is 0.259 e. The number of benzene rings is 2. The number of carbonyl (C=O) groups excluding carboxylic acids is 2. The van der Waals surface area contributed by atoms with Crippen LogP contribution in [0.4, 0.5) is 11.4 Å². The Balaban J connectivity index is 1.46. The lowest BCUT2D eigenvalue weighted by molar-refractivity contribution is -0.114. The number of pyridine rings is 1. The van der Waals surface area contributed by atoms with E-state index in [1.165, 1.54) is 6.08 Å². The summed E-state index contributed by atoms with van der Waals surface area (Å²) < 4.78 is 10.6. The quantitative estimate of drug-likeness (QED) is 0.469. The van der Waals surface area contributed by atoms with E-state index in [-0.39, 0.29) is 18.0 Å².